The van der Waals surface area contributed by atoms with Crippen LogP contribution in [0.15, 0.2) is 79.9 Å². The molecule has 170 valence electrons. The third kappa shape index (κ3) is 6.28. The number of azo groups is 2. The van der Waals surface area contributed by atoms with Gasteiger partial charge in [-0.2, -0.15) is 0 Å². The molecule has 0 spiro atoms. The first-order valence-electron chi connectivity index (χ1n) is 10.2. The minimum atomic E-state index is -3.23. The Morgan fingerprint density at radius 1 is 0.909 bits per heavy atom. The molecule has 0 atom stereocenters. The van der Waals surface area contributed by atoms with E-state index in [2.05, 4.69) is 32.4 Å². The smallest absolute Gasteiger partial charge is 0.231 e. The SMILES string of the molecule is CCCCOc1ccc(N=Nc2nc3sc(N=Nc4ccc(S(C)(=O)=O)cc4)cc3s2)cc1. The van der Waals surface area contributed by atoms with Crippen LogP contribution in [0.25, 0.3) is 9.53 Å². The quantitative estimate of drug-likeness (QED) is 0.173. The molecule has 0 amide bonds. The minimum Gasteiger partial charge on any atom is -0.494 e. The van der Waals surface area contributed by atoms with Gasteiger partial charge in [-0.05, 0) is 61.0 Å². The lowest BCUT2D eigenvalue weighted by molar-refractivity contribution is 0.309. The normalized spacial score (nSPS) is 12.3. The van der Waals surface area contributed by atoms with E-state index in [0.717, 1.165) is 33.8 Å². The summed E-state index contributed by atoms with van der Waals surface area (Å²) >= 11 is 2.83. The molecule has 0 radical (unpaired) electrons. The molecule has 0 saturated carbocycles. The lowest BCUT2D eigenvalue weighted by atomic mass is 10.3. The van der Waals surface area contributed by atoms with Gasteiger partial charge in [0.05, 0.1) is 27.6 Å². The van der Waals surface area contributed by atoms with Gasteiger partial charge in [-0.15, -0.1) is 20.5 Å². The van der Waals surface area contributed by atoms with Gasteiger partial charge in [0.25, 0.3) is 0 Å². The van der Waals surface area contributed by atoms with Crippen molar-refractivity contribution in [3.05, 3.63) is 54.6 Å². The molecule has 2 aromatic heterocycles. The Kier molecular flexibility index (Phi) is 7.21. The highest BCUT2D eigenvalue weighted by Gasteiger charge is 2.09. The van der Waals surface area contributed by atoms with Crippen LogP contribution in [0.2, 0.25) is 0 Å². The second-order valence-corrected chi connectivity index (χ2v) is 11.1. The van der Waals surface area contributed by atoms with E-state index < -0.39 is 9.84 Å². The van der Waals surface area contributed by atoms with E-state index >= 15 is 0 Å². The molecular formula is C22H21N5O3S3. The van der Waals surface area contributed by atoms with Crippen molar-refractivity contribution in [1.82, 2.24) is 4.98 Å². The molecule has 0 fully saturated rings. The molecule has 0 aliphatic rings. The monoisotopic (exact) mass is 499 g/mol. The van der Waals surface area contributed by atoms with Crippen LogP contribution >= 0.6 is 22.7 Å². The van der Waals surface area contributed by atoms with Crippen LogP contribution in [0.3, 0.4) is 0 Å². The summed E-state index contributed by atoms with van der Waals surface area (Å²) in [6, 6.07) is 15.7. The molecule has 33 heavy (non-hydrogen) atoms. The summed E-state index contributed by atoms with van der Waals surface area (Å²) in [5.41, 5.74) is 1.30. The predicted molar refractivity (Wildman–Crippen MR) is 132 cm³/mol. The summed E-state index contributed by atoms with van der Waals surface area (Å²) in [6.45, 7) is 2.84. The van der Waals surface area contributed by atoms with Crippen LogP contribution in [0.5, 0.6) is 5.75 Å². The van der Waals surface area contributed by atoms with Crippen LogP contribution in [-0.4, -0.2) is 26.3 Å². The third-order valence-electron chi connectivity index (χ3n) is 4.45. The van der Waals surface area contributed by atoms with Crippen LogP contribution in [-0.2, 0) is 9.84 Å². The van der Waals surface area contributed by atoms with Crippen molar-refractivity contribution in [2.75, 3.05) is 12.9 Å². The van der Waals surface area contributed by atoms with Crippen LogP contribution in [0.1, 0.15) is 19.8 Å². The molecule has 0 bridgehead atoms. The van der Waals surface area contributed by atoms with E-state index in [1.807, 2.05) is 30.3 Å². The van der Waals surface area contributed by atoms with Crippen molar-refractivity contribution in [2.24, 2.45) is 20.5 Å². The molecule has 0 aliphatic carbocycles. The first kappa shape index (κ1) is 23.1. The fourth-order valence-corrected chi connectivity index (χ4v) is 5.19. The predicted octanol–water partition coefficient (Wildman–Crippen LogP) is 7.77. The van der Waals surface area contributed by atoms with Gasteiger partial charge < -0.3 is 4.74 Å². The Morgan fingerprint density at radius 3 is 2.21 bits per heavy atom. The number of rotatable bonds is 9. The number of unbranched alkanes of at least 4 members (excludes halogenated alkanes) is 1. The molecule has 2 heterocycles. The molecule has 0 saturated heterocycles. The Bertz CT molecular complexity index is 1360. The van der Waals surface area contributed by atoms with Crippen molar-refractivity contribution in [2.45, 2.75) is 24.7 Å². The molecular weight excluding hydrogens is 478 g/mol. The number of thiophene rings is 1. The summed E-state index contributed by atoms with van der Waals surface area (Å²) in [7, 11) is -3.23. The second kappa shape index (κ2) is 10.3. The third-order valence-corrected chi connectivity index (χ3v) is 7.51. The largest absolute Gasteiger partial charge is 0.494 e. The molecule has 0 N–H and O–H groups in total. The maximum absolute atomic E-state index is 11.5. The topological polar surface area (TPSA) is 106 Å². The number of fused-ring (bicyclic) bond motifs is 1. The number of nitrogens with zero attached hydrogens (tertiary/aromatic N) is 5. The summed E-state index contributed by atoms with van der Waals surface area (Å²) in [5, 5.41) is 18.2. The van der Waals surface area contributed by atoms with Gasteiger partial charge in [0.1, 0.15) is 15.6 Å². The van der Waals surface area contributed by atoms with Crippen LogP contribution in [0.4, 0.5) is 21.5 Å². The average molecular weight is 500 g/mol. The number of thiazole rings is 1. The molecule has 4 aromatic rings. The summed E-state index contributed by atoms with van der Waals surface area (Å²) < 4.78 is 29.7. The van der Waals surface area contributed by atoms with Crippen LogP contribution < -0.4 is 4.74 Å². The number of ether oxygens (including phenoxy) is 1. The van der Waals surface area contributed by atoms with Crippen molar-refractivity contribution >= 4 is 63.5 Å². The number of sulfone groups is 1. The van der Waals surface area contributed by atoms with Gasteiger partial charge in [0.15, 0.2) is 9.84 Å². The molecule has 4 rings (SSSR count). The number of hydrogen-bond donors (Lipinski definition) is 0. The molecule has 8 nitrogen and oxygen atoms in total. The van der Waals surface area contributed by atoms with Crippen LogP contribution in [0, 0.1) is 0 Å². The molecule has 11 heteroatoms. The number of hydrogen-bond acceptors (Lipinski definition) is 10. The van der Waals surface area contributed by atoms with E-state index in [9.17, 15) is 8.42 Å². The van der Waals surface area contributed by atoms with Crippen molar-refractivity contribution < 1.29 is 13.2 Å². The maximum atomic E-state index is 11.5. The van der Waals surface area contributed by atoms with Gasteiger partial charge in [0, 0.05) is 6.26 Å². The van der Waals surface area contributed by atoms with E-state index in [1.165, 1.54) is 41.1 Å². The summed E-state index contributed by atoms with van der Waals surface area (Å²) in [4.78, 5) is 5.56. The van der Waals surface area contributed by atoms with E-state index in [-0.39, 0.29) is 4.90 Å². The fraction of sp³-hybridized carbons (Fsp3) is 0.227. The van der Waals surface area contributed by atoms with Gasteiger partial charge in [0.2, 0.25) is 5.13 Å². The van der Waals surface area contributed by atoms with E-state index in [4.69, 9.17) is 4.74 Å². The van der Waals surface area contributed by atoms with E-state index in [1.54, 1.807) is 12.1 Å². The Labute approximate surface area is 199 Å². The molecule has 0 unspecified atom stereocenters. The summed E-state index contributed by atoms with van der Waals surface area (Å²) in [5.74, 6) is 0.824. The number of aromatic nitrogens is 1. The fourth-order valence-electron chi connectivity index (χ4n) is 2.71. The first-order valence-corrected chi connectivity index (χ1v) is 13.7. The highest BCUT2D eigenvalue weighted by molar-refractivity contribution is 7.90. The lowest BCUT2D eigenvalue weighted by Gasteiger charge is -2.04. The zero-order chi connectivity index (χ0) is 23.3. The van der Waals surface area contributed by atoms with Crippen molar-refractivity contribution in [1.29, 1.82) is 0 Å². The van der Waals surface area contributed by atoms with Crippen molar-refractivity contribution in [3.63, 3.8) is 0 Å². The Balaban J connectivity index is 1.39. The standard InChI is InChI=1S/C22H21N5O3S3/c1-3-4-13-30-17-9-5-15(6-10-17)25-27-22-23-21-19(31-22)14-20(32-21)26-24-16-7-11-18(12-8-16)33(2,28)29/h5-12,14H,3-4,13H2,1-2H3. The highest BCUT2D eigenvalue weighted by Crippen LogP contribution is 2.39. The molecule has 2 aromatic carbocycles. The zero-order valence-corrected chi connectivity index (χ0v) is 20.5. The molecule has 0 aliphatic heterocycles. The second-order valence-electron chi connectivity index (χ2n) is 7.11. The van der Waals surface area contributed by atoms with E-state index in [0.29, 0.717) is 22.4 Å². The minimum absolute atomic E-state index is 0.250. The van der Waals surface area contributed by atoms with Gasteiger partial charge in [-0.3, -0.25) is 0 Å². The Hall–Kier alpha value is -3.02. The van der Waals surface area contributed by atoms with Crippen molar-refractivity contribution in [3.8, 4) is 5.75 Å². The first-order chi connectivity index (χ1) is 15.9. The lowest BCUT2D eigenvalue weighted by Crippen LogP contribution is -1.95. The average Bonchev–Trinajstić information content (AvgIpc) is 3.35. The Morgan fingerprint density at radius 2 is 1.58 bits per heavy atom. The van der Waals surface area contributed by atoms with Gasteiger partial charge >= 0.3 is 0 Å². The number of benzene rings is 2. The maximum Gasteiger partial charge on any atom is 0.231 e. The highest BCUT2D eigenvalue weighted by atomic mass is 32.2. The zero-order valence-electron chi connectivity index (χ0n) is 18.0. The van der Waals surface area contributed by atoms with Gasteiger partial charge in [-0.25, -0.2) is 13.4 Å². The summed E-state index contributed by atoms with van der Waals surface area (Å²) in [6.07, 6.45) is 3.30. The van der Waals surface area contributed by atoms with Gasteiger partial charge in [-0.1, -0.05) is 36.0 Å².